The van der Waals surface area contributed by atoms with Crippen molar-refractivity contribution in [1.82, 2.24) is 5.32 Å². The van der Waals surface area contributed by atoms with Crippen LogP contribution in [0.15, 0.2) is 0 Å². The first-order chi connectivity index (χ1) is 8.22. The van der Waals surface area contributed by atoms with E-state index in [1.165, 1.54) is 19.3 Å². The Bertz CT molecular complexity index is 272. The zero-order chi connectivity index (χ0) is 12.3. The van der Waals surface area contributed by atoms with Crippen molar-refractivity contribution >= 4 is 21.8 Å². The van der Waals surface area contributed by atoms with Gasteiger partial charge in [0, 0.05) is 18.5 Å². The minimum atomic E-state index is 0.0684. The van der Waals surface area contributed by atoms with Crippen molar-refractivity contribution in [3.63, 3.8) is 0 Å². The minimum Gasteiger partial charge on any atom is -0.378 e. The second-order valence-electron chi connectivity index (χ2n) is 5.32. The average molecular weight is 304 g/mol. The van der Waals surface area contributed by atoms with Gasteiger partial charge in [-0.1, -0.05) is 22.4 Å². The summed E-state index contributed by atoms with van der Waals surface area (Å²) >= 11 is 3.57. The fourth-order valence-corrected chi connectivity index (χ4v) is 3.88. The number of hydrogen-bond donors (Lipinski definition) is 1. The van der Waals surface area contributed by atoms with Gasteiger partial charge in [-0.15, -0.1) is 0 Å². The number of carbonyl (C=O) groups excluding carboxylic acids is 1. The number of rotatable bonds is 4. The molecule has 2 rings (SSSR count). The number of alkyl halides is 1. The number of amides is 1. The van der Waals surface area contributed by atoms with E-state index >= 15 is 0 Å². The Hall–Kier alpha value is -0.0900. The Morgan fingerprint density at radius 3 is 2.76 bits per heavy atom. The monoisotopic (exact) mass is 303 g/mol. The van der Waals surface area contributed by atoms with Gasteiger partial charge in [0.25, 0.3) is 0 Å². The van der Waals surface area contributed by atoms with E-state index in [1.807, 2.05) is 6.92 Å². The molecular weight excluding hydrogens is 282 g/mol. The molecule has 0 aromatic rings. The number of hydrogen-bond acceptors (Lipinski definition) is 2. The molecule has 2 fully saturated rings. The van der Waals surface area contributed by atoms with E-state index in [0.717, 1.165) is 30.8 Å². The largest absolute Gasteiger partial charge is 0.378 e. The van der Waals surface area contributed by atoms with E-state index in [2.05, 4.69) is 21.2 Å². The van der Waals surface area contributed by atoms with E-state index in [9.17, 15) is 4.79 Å². The van der Waals surface area contributed by atoms with Crippen LogP contribution in [0.3, 0.4) is 0 Å². The van der Waals surface area contributed by atoms with Gasteiger partial charge in [0.05, 0.1) is 12.0 Å². The normalized spacial score (nSPS) is 37.3. The standard InChI is InChI=1S/C13H22BrNO2/c1-9-12(5-6-17-9)13(16)15-8-11-4-2-3-10(11)7-14/h9-12H,2-8H2,1H3,(H,15,16). The molecule has 0 aromatic heterocycles. The van der Waals surface area contributed by atoms with Crippen LogP contribution in [0.1, 0.15) is 32.6 Å². The maximum absolute atomic E-state index is 12.0. The van der Waals surface area contributed by atoms with Gasteiger partial charge in [0.15, 0.2) is 0 Å². The molecule has 1 saturated heterocycles. The molecule has 4 atom stereocenters. The summed E-state index contributed by atoms with van der Waals surface area (Å²) < 4.78 is 5.43. The third-order valence-electron chi connectivity index (χ3n) is 4.27. The van der Waals surface area contributed by atoms with Gasteiger partial charge in [-0.2, -0.15) is 0 Å². The van der Waals surface area contributed by atoms with Crippen LogP contribution in [0.2, 0.25) is 0 Å². The highest BCUT2D eigenvalue weighted by atomic mass is 79.9. The molecule has 0 radical (unpaired) electrons. The second-order valence-corrected chi connectivity index (χ2v) is 5.97. The highest BCUT2D eigenvalue weighted by Crippen LogP contribution is 2.32. The Labute approximate surface area is 112 Å². The molecule has 2 aliphatic rings. The first-order valence-corrected chi connectivity index (χ1v) is 7.79. The minimum absolute atomic E-state index is 0.0684. The highest BCUT2D eigenvalue weighted by molar-refractivity contribution is 9.09. The fourth-order valence-electron chi connectivity index (χ4n) is 3.02. The van der Waals surface area contributed by atoms with Crippen molar-refractivity contribution < 1.29 is 9.53 Å². The Morgan fingerprint density at radius 2 is 2.12 bits per heavy atom. The summed E-state index contributed by atoms with van der Waals surface area (Å²) in [5.41, 5.74) is 0. The quantitative estimate of drug-likeness (QED) is 0.810. The van der Waals surface area contributed by atoms with E-state index in [1.54, 1.807) is 0 Å². The van der Waals surface area contributed by atoms with Gasteiger partial charge in [0.2, 0.25) is 5.91 Å². The Morgan fingerprint density at radius 1 is 1.35 bits per heavy atom. The molecule has 1 aliphatic carbocycles. The van der Waals surface area contributed by atoms with E-state index in [0.29, 0.717) is 5.92 Å². The van der Waals surface area contributed by atoms with Crippen molar-refractivity contribution in [2.24, 2.45) is 17.8 Å². The zero-order valence-electron chi connectivity index (χ0n) is 10.5. The molecule has 1 aliphatic heterocycles. The van der Waals surface area contributed by atoms with Crippen molar-refractivity contribution in [3.05, 3.63) is 0 Å². The van der Waals surface area contributed by atoms with Crippen LogP contribution in [0, 0.1) is 17.8 Å². The third kappa shape index (κ3) is 3.22. The van der Waals surface area contributed by atoms with E-state index in [4.69, 9.17) is 4.74 Å². The van der Waals surface area contributed by atoms with Gasteiger partial charge >= 0.3 is 0 Å². The lowest BCUT2D eigenvalue weighted by molar-refractivity contribution is -0.126. The number of carbonyl (C=O) groups is 1. The lowest BCUT2D eigenvalue weighted by Crippen LogP contribution is -2.37. The predicted molar refractivity (Wildman–Crippen MR) is 71.2 cm³/mol. The van der Waals surface area contributed by atoms with Gasteiger partial charge < -0.3 is 10.1 Å². The molecule has 3 nitrogen and oxygen atoms in total. The molecule has 98 valence electrons. The molecule has 0 aromatic carbocycles. The smallest absolute Gasteiger partial charge is 0.225 e. The molecular formula is C13H22BrNO2. The molecule has 4 unspecified atom stereocenters. The SMILES string of the molecule is CC1OCCC1C(=O)NCC1CCCC1CBr. The van der Waals surface area contributed by atoms with Crippen LogP contribution in [-0.4, -0.2) is 30.5 Å². The number of ether oxygens (including phenoxy) is 1. The molecule has 1 heterocycles. The second kappa shape index (κ2) is 6.19. The fraction of sp³-hybridized carbons (Fsp3) is 0.923. The van der Waals surface area contributed by atoms with Crippen LogP contribution in [0.4, 0.5) is 0 Å². The van der Waals surface area contributed by atoms with Gasteiger partial charge in [-0.3, -0.25) is 4.79 Å². The topological polar surface area (TPSA) is 38.3 Å². The van der Waals surface area contributed by atoms with Gasteiger partial charge in [-0.05, 0) is 38.0 Å². The maximum atomic E-state index is 12.0. The molecule has 1 saturated carbocycles. The molecule has 4 heteroatoms. The molecule has 1 N–H and O–H groups in total. The van der Waals surface area contributed by atoms with Crippen molar-refractivity contribution in [2.75, 3.05) is 18.5 Å². The van der Waals surface area contributed by atoms with Crippen LogP contribution in [-0.2, 0) is 9.53 Å². The highest BCUT2D eigenvalue weighted by Gasteiger charge is 2.32. The lowest BCUT2D eigenvalue weighted by Gasteiger charge is -2.20. The summed E-state index contributed by atoms with van der Waals surface area (Å²) in [6, 6.07) is 0. The van der Waals surface area contributed by atoms with E-state index < -0.39 is 0 Å². The summed E-state index contributed by atoms with van der Waals surface area (Å²) in [5.74, 6) is 1.66. The van der Waals surface area contributed by atoms with Gasteiger partial charge in [0.1, 0.15) is 0 Å². The Balaban J connectivity index is 1.76. The summed E-state index contributed by atoms with van der Waals surface area (Å²) in [7, 11) is 0. The molecule has 0 spiro atoms. The summed E-state index contributed by atoms with van der Waals surface area (Å²) in [6.45, 7) is 3.57. The van der Waals surface area contributed by atoms with Crippen LogP contribution in [0.5, 0.6) is 0 Å². The number of nitrogens with one attached hydrogen (secondary N) is 1. The Kier molecular flexibility index (Phi) is 4.86. The average Bonchev–Trinajstić information content (AvgIpc) is 2.94. The van der Waals surface area contributed by atoms with Crippen LogP contribution in [0.25, 0.3) is 0 Å². The first kappa shape index (κ1) is 13.3. The summed E-state index contributed by atoms with van der Waals surface area (Å²) in [4.78, 5) is 12.0. The maximum Gasteiger partial charge on any atom is 0.225 e. The first-order valence-electron chi connectivity index (χ1n) is 6.67. The van der Waals surface area contributed by atoms with E-state index in [-0.39, 0.29) is 17.9 Å². The zero-order valence-corrected chi connectivity index (χ0v) is 12.0. The molecule has 17 heavy (non-hydrogen) atoms. The van der Waals surface area contributed by atoms with Crippen LogP contribution >= 0.6 is 15.9 Å². The molecule has 0 bridgehead atoms. The summed E-state index contributed by atoms with van der Waals surface area (Å²) in [6.07, 6.45) is 4.83. The predicted octanol–water partition coefficient (Wildman–Crippen LogP) is 2.34. The lowest BCUT2D eigenvalue weighted by atomic mass is 9.97. The molecule has 1 amide bonds. The summed E-state index contributed by atoms with van der Waals surface area (Å²) in [5, 5.41) is 4.19. The van der Waals surface area contributed by atoms with Crippen molar-refractivity contribution in [2.45, 2.75) is 38.7 Å². The van der Waals surface area contributed by atoms with Crippen LogP contribution < -0.4 is 5.32 Å². The van der Waals surface area contributed by atoms with Crippen molar-refractivity contribution in [1.29, 1.82) is 0 Å². The van der Waals surface area contributed by atoms with Gasteiger partial charge in [-0.25, -0.2) is 0 Å². The van der Waals surface area contributed by atoms with Crippen molar-refractivity contribution in [3.8, 4) is 0 Å². The third-order valence-corrected chi connectivity index (χ3v) is 5.10. The number of halogens is 1.